The molecule has 1 aliphatic rings. The van der Waals surface area contributed by atoms with Crippen molar-refractivity contribution in [3.05, 3.63) is 75.7 Å². The number of hydrogen-bond acceptors (Lipinski definition) is 5. The Morgan fingerprint density at radius 1 is 1.18 bits per heavy atom. The molecule has 34 heavy (non-hydrogen) atoms. The van der Waals surface area contributed by atoms with Crippen LogP contribution in [0.1, 0.15) is 21.5 Å². The third kappa shape index (κ3) is 4.13. The van der Waals surface area contributed by atoms with Crippen molar-refractivity contribution in [2.75, 3.05) is 35.8 Å². The van der Waals surface area contributed by atoms with Crippen LogP contribution in [0, 0.1) is 5.41 Å². The Morgan fingerprint density at radius 3 is 2.62 bits per heavy atom. The van der Waals surface area contributed by atoms with Gasteiger partial charge < -0.3 is 30.5 Å². The minimum atomic E-state index is -0.347. The maximum atomic E-state index is 13.4. The topological polar surface area (TPSA) is 128 Å². The highest BCUT2D eigenvalue weighted by atomic mass is 16.3. The number of rotatable bonds is 5. The number of aliphatic hydroxyl groups excluding tert-OH is 1. The van der Waals surface area contributed by atoms with Crippen LogP contribution in [-0.4, -0.2) is 42.2 Å². The lowest BCUT2D eigenvalue weighted by atomic mass is 9.94. The first-order chi connectivity index (χ1) is 16.2. The van der Waals surface area contributed by atoms with Gasteiger partial charge in [0.1, 0.15) is 5.69 Å². The zero-order valence-electron chi connectivity index (χ0n) is 19.4. The Balaban J connectivity index is 1.78. The van der Waals surface area contributed by atoms with E-state index in [0.717, 1.165) is 11.3 Å². The largest absolute Gasteiger partial charge is 0.392 e. The van der Waals surface area contributed by atoms with Crippen molar-refractivity contribution < 1.29 is 9.90 Å². The second-order valence-corrected chi connectivity index (χ2v) is 8.50. The molecule has 2 heterocycles. The molecule has 0 radical (unpaired) electrons. The Hall–Kier alpha value is -4.11. The van der Waals surface area contributed by atoms with Crippen LogP contribution in [0.2, 0.25) is 0 Å². The van der Waals surface area contributed by atoms with E-state index in [9.17, 15) is 14.7 Å². The number of nitrogens with zero attached hydrogens (tertiary/aromatic N) is 3. The number of carbonyl (C=O) groups excluding carboxylic acids is 1. The van der Waals surface area contributed by atoms with Gasteiger partial charge in [-0.05, 0) is 47.9 Å². The summed E-state index contributed by atoms with van der Waals surface area (Å²) >= 11 is 0. The van der Waals surface area contributed by atoms with Gasteiger partial charge in [-0.25, -0.2) is 0 Å². The molecule has 0 bridgehead atoms. The number of aryl methyl sites for hydroxylation is 1. The molecular formula is C25H28N6O3. The number of aromatic nitrogens is 1. The fourth-order valence-corrected chi connectivity index (χ4v) is 4.34. The molecule has 1 amide bonds. The van der Waals surface area contributed by atoms with Crippen molar-refractivity contribution in [2.24, 2.45) is 12.8 Å². The number of nitrogens with two attached hydrogens (primary N) is 1. The molecule has 0 atom stereocenters. The van der Waals surface area contributed by atoms with E-state index in [-0.39, 0.29) is 29.7 Å². The van der Waals surface area contributed by atoms with E-state index in [2.05, 4.69) is 5.32 Å². The lowest BCUT2D eigenvalue weighted by Gasteiger charge is -2.31. The van der Waals surface area contributed by atoms with Crippen LogP contribution in [0.4, 0.5) is 17.1 Å². The van der Waals surface area contributed by atoms with E-state index < -0.39 is 0 Å². The van der Waals surface area contributed by atoms with Crippen molar-refractivity contribution >= 4 is 28.9 Å². The first-order valence-electron chi connectivity index (χ1n) is 10.9. The standard InChI is InChI=1S/C25H28N6O3/c1-29(2)17-7-8-19-15(11-17)9-10-31(23(19)33)22-6-4-5-18(20(22)14-32)16-12-21(28-25(26)27)24(34)30(3)13-16/h4-8,11-13,32H,9-10,14H2,1-3H3,(H4,26,27,28). The van der Waals surface area contributed by atoms with Gasteiger partial charge in [-0.3, -0.25) is 15.0 Å². The molecule has 3 aromatic rings. The highest BCUT2D eigenvalue weighted by Crippen LogP contribution is 2.35. The van der Waals surface area contributed by atoms with E-state index in [1.807, 2.05) is 55.4 Å². The van der Waals surface area contributed by atoms with Gasteiger partial charge in [0.15, 0.2) is 5.96 Å². The molecule has 9 heteroatoms. The minimum Gasteiger partial charge on any atom is -0.392 e. The molecule has 0 unspecified atom stereocenters. The zero-order valence-corrected chi connectivity index (χ0v) is 19.4. The third-order valence-corrected chi connectivity index (χ3v) is 6.05. The highest BCUT2D eigenvalue weighted by Gasteiger charge is 2.28. The average Bonchev–Trinajstić information content (AvgIpc) is 2.81. The van der Waals surface area contributed by atoms with E-state index in [0.29, 0.717) is 40.9 Å². The first kappa shape index (κ1) is 23.1. The second kappa shape index (κ2) is 9.03. The van der Waals surface area contributed by atoms with Crippen LogP contribution in [0.15, 0.2) is 53.5 Å². The maximum Gasteiger partial charge on any atom is 0.274 e. The molecule has 0 saturated heterocycles. The molecule has 5 N–H and O–H groups in total. The fourth-order valence-electron chi connectivity index (χ4n) is 4.34. The summed E-state index contributed by atoms with van der Waals surface area (Å²) in [6, 6.07) is 12.9. The predicted octanol–water partition coefficient (Wildman–Crippen LogP) is 2.12. The van der Waals surface area contributed by atoms with Crippen LogP contribution in [0.5, 0.6) is 0 Å². The normalized spacial score (nSPS) is 12.9. The first-order valence-corrected chi connectivity index (χ1v) is 10.9. The molecule has 0 fully saturated rings. The Bertz CT molecular complexity index is 1340. The number of guanidine groups is 1. The number of hydrogen-bond donors (Lipinski definition) is 4. The van der Waals surface area contributed by atoms with Crippen molar-refractivity contribution in [3.63, 3.8) is 0 Å². The number of pyridine rings is 1. The monoisotopic (exact) mass is 460 g/mol. The van der Waals surface area contributed by atoms with Crippen LogP contribution >= 0.6 is 0 Å². The van der Waals surface area contributed by atoms with Gasteiger partial charge in [0, 0.05) is 56.3 Å². The summed E-state index contributed by atoms with van der Waals surface area (Å²) in [5, 5.41) is 20.4. The molecule has 0 saturated carbocycles. The third-order valence-electron chi connectivity index (χ3n) is 6.05. The molecule has 1 aromatic heterocycles. The molecule has 1 aliphatic heterocycles. The summed E-state index contributed by atoms with van der Waals surface area (Å²) in [4.78, 5) is 29.6. The number of benzene rings is 2. The van der Waals surface area contributed by atoms with Gasteiger partial charge in [0.05, 0.1) is 12.3 Å². The minimum absolute atomic E-state index is 0.113. The second-order valence-electron chi connectivity index (χ2n) is 8.50. The van der Waals surface area contributed by atoms with Crippen LogP contribution < -0.4 is 26.4 Å². The van der Waals surface area contributed by atoms with Crippen molar-refractivity contribution in [1.82, 2.24) is 4.57 Å². The van der Waals surface area contributed by atoms with Gasteiger partial charge in [-0.1, -0.05) is 12.1 Å². The van der Waals surface area contributed by atoms with E-state index >= 15 is 0 Å². The number of anilines is 3. The average molecular weight is 461 g/mol. The van der Waals surface area contributed by atoms with Gasteiger partial charge in [0.25, 0.3) is 11.5 Å². The lowest BCUT2D eigenvalue weighted by molar-refractivity contribution is 0.0980. The lowest BCUT2D eigenvalue weighted by Crippen LogP contribution is -2.38. The summed E-state index contributed by atoms with van der Waals surface area (Å²) < 4.78 is 1.39. The van der Waals surface area contributed by atoms with Crippen LogP contribution in [-0.2, 0) is 20.1 Å². The summed E-state index contributed by atoms with van der Waals surface area (Å²) in [6.45, 7) is 0.198. The van der Waals surface area contributed by atoms with Crippen molar-refractivity contribution in [1.29, 1.82) is 5.41 Å². The number of aliphatic hydroxyl groups is 1. The predicted molar refractivity (Wildman–Crippen MR) is 135 cm³/mol. The molecular weight excluding hydrogens is 432 g/mol. The summed E-state index contributed by atoms with van der Waals surface area (Å²) in [7, 11) is 5.54. The number of carbonyl (C=O) groups is 1. The molecule has 2 aromatic carbocycles. The molecule has 4 rings (SSSR count). The quantitative estimate of drug-likeness (QED) is 0.341. The maximum absolute atomic E-state index is 13.4. The van der Waals surface area contributed by atoms with Gasteiger partial charge >= 0.3 is 0 Å². The Kier molecular flexibility index (Phi) is 6.12. The van der Waals surface area contributed by atoms with Gasteiger partial charge in [0.2, 0.25) is 0 Å². The fraction of sp³-hybridized carbons (Fsp3) is 0.240. The van der Waals surface area contributed by atoms with Crippen molar-refractivity contribution in [3.8, 4) is 11.1 Å². The SMILES string of the molecule is CN(C)c1ccc2c(c1)CCN(c1cccc(-c3cc(NC(=N)N)c(=O)n(C)c3)c1CO)C2=O. The number of nitrogens with one attached hydrogen (secondary N) is 2. The van der Waals surface area contributed by atoms with Crippen LogP contribution in [0.25, 0.3) is 11.1 Å². The summed E-state index contributed by atoms with van der Waals surface area (Å²) in [6.07, 6.45) is 2.35. The van der Waals surface area contributed by atoms with Crippen molar-refractivity contribution in [2.45, 2.75) is 13.0 Å². The Morgan fingerprint density at radius 2 is 1.94 bits per heavy atom. The van der Waals surface area contributed by atoms with E-state index in [1.54, 1.807) is 24.2 Å². The zero-order chi connectivity index (χ0) is 24.6. The molecule has 9 nitrogen and oxygen atoms in total. The number of amides is 1. The number of fused-ring (bicyclic) bond motifs is 1. The van der Waals surface area contributed by atoms with Gasteiger partial charge in [-0.2, -0.15) is 0 Å². The van der Waals surface area contributed by atoms with Gasteiger partial charge in [-0.15, -0.1) is 0 Å². The summed E-state index contributed by atoms with van der Waals surface area (Å²) in [5.41, 5.74) is 10.5. The Labute approximate surface area is 197 Å². The van der Waals surface area contributed by atoms with E-state index in [4.69, 9.17) is 11.1 Å². The molecule has 0 spiro atoms. The molecule has 0 aliphatic carbocycles. The van der Waals surface area contributed by atoms with E-state index in [1.165, 1.54) is 4.57 Å². The molecule has 176 valence electrons. The van der Waals surface area contributed by atoms with Crippen LogP contribution in [0.3, 0.4) is 0 Å². The highest BCUT2D eigenvalue weighted by molar-refractivity contribution is 6.09. The smallest absolute Gasteiger partial charge is 0.274 e. The summed E-state index contributed by atoms with van der Waals surface area (Å²) in [5.74, 6) is -0.460.